The maximum absolute atomic E-state index is 14.9. The fraction of sp³-hybridized carbons (Fsp3) is 0.257. The lowest BCUT2D eigenvalue weighted by Crippen LogP contribution is -2.10. The molecular weight excluding hydrogens is 989 g/mol. The second-order valence-electron chi connectivity index (χ2n) is 22.2. The number of aryl methyl sites for hydroxylation is 6. The van der Waals surface area contributed by atoms with Crippen LogP contribution >= 0.6 is 0 Å². The minimum Gasteiger partial charge on any atom is -0.361 e. The minimum absolute atomic E-state index is 0.0122. The zero-order valence-electron chi connectivity index (χ0n) is 48.1. The lowest BCUT2D eigenvalue weighted by Gasteiger charge is -2.20. The van der Waals surface area contributed by atoms with E-state index in [1.807, 2.05) is 84.9 Å². The number of aromatic nitrogens is 6. The van der Waals surface area contributed by atoms with Gasteiger partial charge in [0, 0.05) is 97.0 Å². The summed E-state index contributed by atoms with van der Waals surface area (Å²) in [6.07, 6.45) is 0.504. The second kappa shape index (κ2) is 22.2. The van der Waals surface area contributed by atoms with Gasteiger partial charge in [0.05, 0.1) is 23.7 Å². The molecule has 0 saturated carbocycles. The molecule has 10 aromatic rings. The largest absolute Gasteiger partial charge is 0.361 e. The Morgan fingerprint density at radius 3 is 0.975 bits per heavy atom. The number of benzene rings is 4. The van der Waals surface area contributed by atoms with Gasteiger partial charge in [0.2, 0.25) is 0 Å². The van der Waals surface area contributed by atoms with Crippen molar-refractivity contribution in [2.75, 3.05) is 0 Å². The molecule has 4 aromatic carbocycles. The van der Waals surface area contributed by atoms with E-state index in [2.05, 4.69) is 141 Å². The van der Waals surface area contributed by atoms with Crippen LogP contribution in [0.5, 0.6) is 0 Å². The van der Waals surface area contributed by atoms with Crippen LogP contribution in [0.2, 0.25) is 0 Å². The number of Topliss-reactive ketones (excluding diaryl/α,β-unsaturated/α-hetero) is 4. The third-order valence-corrected chi connectivity index (χ3v) is 16.7. The van der Waals surface area contributed by atoms with Crippen LogP contribution in [-0.2, 0) is 6.42 Å². The second-order valence-corrected chi connectivity index (χ2v) is 22.2. The predicted octanol–water partition coefficient (Wildman–Crippen LogP) is 15.6. The first kappa shape index (κ1) is 54.6. The van der Waals surface area contributed by atoms with Gasteiger partial charge >= 0.3 is 0 Å². The number of ketones is 4. The van der Waals surface area contributed by atoms with Crippen molar-refractivity contribution in [1.29, 1.82) is 0 Å². The molecular formula is C70H72N6O4. The number of nitrogens with one attached hydrogen (secondary N) is 6. The Morgan fingerprint density at radius 1 is 0.338 bits per heavy atom. The fourth-order valence-corrected chi connectivity index (χ4v) is 13.0. The van der Waals surface area contributed by atoms with Crippen LogP contribution in [-0.4, -0.2) is 53.0 Å². The molecule has 0 aliphatic heterocycles. The Morgan fingerprint density at radius 2 is 0.637 bits per heavy atom. The van der Waals surface area contributed by atoms with E-state index in [1.54, 1.807) is 20.8 Å². The van der Waals surface area contributed by atoms with E-state index in [-0.39, 0.29) is 53.2 Å². The monoisotopic (exact) mass is 1060 g/mol. The lowest BCUT2D eigenvalue weighted by molar-refractivity contribution is 0.0974. The highest BCUT2D eigenvalue weighted by Crippen LogP contribution is 2.42. The molecule has 6 heterocycles. The topological polar surface area (TPSA) is 163 Å². The molecule has 6 aromatic heterocycles. The van der Waals surface area contributed by atoms with Crippen LogP contribution in [0.4, 0.5) is 0 Å². The van der Waals surface area contributed by atoms with Gasteiger partial charge in [0.1, 0.15) is 0 Å². The van der Waals surface area contributed by atoms with Gasteiger partial charge < -0.3 is 29.9 Å². The average Bonchev–Trinajstić information content (AvgIpc) is 4.32. The highest BCUT2D eigenvalue weighted by atomic mass is 16.1. The molecule has 0 fully saturated rings. The number of carbonyl (C=O) groups excluding carboxylic acids is 4. The molecule has 0 bridgehead atoms. The minimum atomic E-state index is -0.318. The van der Waals surface area contributed by atoms with E-state index in [0.29, 0.717) is 23.1 Å². The smallest absolute Gasteiger partial charge is 0.165 e. The molecule has 10 heteroatoms. The van der Waals surface area contributed by atoms with E-state index in [4.69, 9.17) is 0 Å². The molecule has 0 amide bonds. The Bertz CT molecular complexity index is 3940. The molecule has 0 aliphatic carbocycles. The zero-order chi connectivity index (χ0) is 56.8. The first-order valence-corrected chi connectivity index (χ1v) is 27.8. The molecule has 10 nitrogen and oxygen atoms in total. The number of rotatable bonds is 19. The highest BCUT2D eigenvalue weighted by Gasteiger charge is 2.33. The van der Waals surface area contributed by atoms with Crippen LogP contribution in [0, 0.1) is 62.3 Å². The van der Waals surface area contributed by atoms with Crippen LogP contribution in [0.25, 0.3) is 0 Å². The normalized spacial score (nSPS) is 13.1. The molecule has 0 aliphatic rings. The van der Waals surface area contributed by atoms with Crippen molar-refractivity contribution in [1.82, 2.24) is 29.9 Å². The van der Waals surface area contributed by atoms with E-state index in [0.717, 1.165) is 130 Å². The number of aromatic amines is 6. The summed E-state index contributed by atoms with van der Waals surface area (Å²) in [5.74, 6) is -1.04. The molecule has 4 unspecified atom stereocenters. The van der Waals surface area contributed by atoms with Gasteiger partial charge in [-0.15, -0.1) is 0 Å². The Balaban J connectivity index is 0.993. The fourth-order valence-electron chi connectivity index (χ4n) is 13.0. The van der Waals surface area contributed by atoms with Gasteiger partial charge in [-0.25, -0.2) is 0 Å². The van der Waals surface area contributed by atoms with Gasteiger partial charge in [0.25, 0.3) is 0 Å². The summed E-state index contributed by atoms with van der Waals surface area (Å²) in [5, 5.41) is 0. The third kappa shape index (κ3) is 10.1. The van der Waals surface area contributed by atoms with E-state index >= 15 is 0 Å². The van der Waals surface area contributed by atoms with Gasteiger partial charge in [-0.1, -0.05) is 120 Å². The summed E-state index contributed by atoms with van der Waals surface area (Å²) >= 11 is 0. The SMILES string of the molecule is CC(=O)c1c(C)[nH]c(C(c2ccccc2)c2ccc(C(c3ccccc3)c3[nH]c(C)c(C(=O)CCc4[nH]c(C(c5ccc(C)cc5)c5ccc(C(c6ccc(C)cc6)c6[nH]c(C)c(C(C)=O)c6C)[nH]5)c(C)c4C(C)=O)c3C)[nH]2)c1C. The van der Waals surface area contributed by atoms with Gasteiger partial charge in [-0.3, -0.25) is 19.2 Å². The Hall–Kier alpha value is -8.76. The number of hydrogen-bond donors (Lipinski definition) is 6. The molecule has 10 rings (SSSR count). The van der Waals surface area contributed by atoms with Gasteiger partial charge in [-0.2, -0.15) is 0 Å². The van der Waals surface area contributed by atoms with Crippen LogP contribution < -0.4 is 0 Å². The number of hydrogen-bond acceptors (Lipinski definition) is 4. The van der Waals surface area contributed by atoms with E-state index < -0.39 is 0 Å². The Kier molecular flexibility index (Phi) is 15.1. The molecule has 0 saturated heterocycles. The summed E-state index contributed by atoms with van der Waals surface area (Å²) < 4.78 is 0. The van der Waals surface area contributed by atoms with Crippen molar-refractivity contribution >= 4 is 23.1 Å². The summed E-state index contributed by atoms with van der Waals surface area (Å²) in [7, 11) is 0. The van der Waals surface area contributed by atoms with Crippen LogP contribution in [0.1, 0.15) is 216 Å². The van der Waals surface area contributed by atoms with E-state index in [9.17, 15) is 19.2 Å². The number of H-pyrrole nitrogens is 6. The molecule has 0 radical (unpaired) electrons. The molecule has 406 valence electrons. The van der Waals surface area contributed by atoms with Crippen molar-refractivity contribution in [2.24, 2.45) is 0 Å². The predicted molar refractivity (Wildman–Crippen MR) is 320 cm³/mol. The molecule has 6 N–H and O–H groups in total. The molecule has 0 spiro atoms. The standard InChI is InChI=1S/C70H72N6O4/c1-37-23-27-51(28-24-37)65(68-40(4)60(47(11)78)44(8)72-68)56-33-34-57(75-56)66(52-29-25-38(2)26-30-52)70-42(6)62(48(12)79)53(76-70)35-36-58(80)61-41(5)69(73-45(61)9)64(50-21-17-14-18-22-50)55-32-31-54(74-55)63(49-19-15-13-16-20-49)67-39(3)59(46(10)77)43(7)71-67/h13-34,63-66,71-76H,35-36H2,1-12H3. The summed E-state index contributed by atoms with van der Waals surface area (Å²) in [5.41, 5.74) is 23.7. The average molecular weight is 1060 g/mol. The van der Waals surface area contributed by atoms with Gasteiger partial charge in [-0.05, 0) is 158 Å². The highest BCUT2D eigenvalue weighted by molar-refractivity contribution is 6.01. The third-order valence-electron chi connectivity index (χ3n) is 16.7. The maximum atomic E-state index is 14.9. The van der Waals surface area contributed by atoms with Crippen molar-refractivity contribution in [3.8, 4) is 0 Å². The Labute approximate surface area is 469 Å². The van der Waals surface area contributed by atoms with Gasteiger partial charge in [0.15, 0.2) is 23.1 Å². The summed E-state index contributed by atoms with van der Waals surface area (Å²) in [4.78, 5) is 76.9. The number of carbonyl (C=O) groups is 4. The van der Waals surface area contributed by atoms with Crippen molar-refractivity contribution in [3.63, 3.8) is 0 Å². The zero-order valence-corrected chi connectivity index (χ0v) is 48.1. The van der Waals surface area contributed by atoms with Crippen LogP contribution in [0.3, 0.4) is 0 Å². The van der Waals surface area contributed by atoms with Crippen molar-refractivity contribution < 1.29 is 19.2 Å². The summed E-state index contributed by atoms with van der Waals surface area (Å²) in [6.45, 7) is 23.0. The maximum Gasteiger partial charge on any atom is 0.165 e. The van der Waals surface area contributed by atoms with E-state index in [1.165, 1.54) is 0 Å². The quantitative estimate of drug-likeness (QED) is 0.0445. The van der Waals surface area contributed by atoms with Crippen LogP contribution in [0.15, 0.2) is 133 Å². The van der Waals surface area contributed by atoms with Crippen molar-refractivity contribution in [3.05, 3.63) is 280 Å². The first-order valence-electron chi connectivity index (χ1n) is 27.8. The lowest BCUT2D eigenvalue weighted by atomic mass is 9.88. The summed E-state index contributed by atoms with van der Waals surface area (Å²) in [6, 6.07) is 46.3. The molecule has 4 atom stereocenters. The van der Waals surface area contributed by atoms with Crippen molar-refractivity contribution in [2.45, 2.75) is 120 Å². The molecule has 80 heavy (non-hydrogen) atoms. The first-order chi connectivity index (χ1) is 38.3.